The molecule has 1 aromatic rings. The van der Waals surface area contributed by atoms with E-state index in [-0.39, 0.29) is 6.04 Å². The third kappa shape index (κ3) is 4.22. The lowest BCUT2D eigenvalue weighted by molar-refractivity contribution is -0.137. The molecule has 0 saturated heterocycles. The van der Waals surface area contributed by atoms with E-state index in [4.69, 9.17) is 0 Å². The molecule has 3 atom stereocenters. The first kappa shape index (κ1) is 16.3. The van der Waals surface area contributed by atoms with E-state index in [9.17, 15) is 13.2 Å². The highest BCUT2D eigenvalue weighted by atomic mass is 19.4. The van der Waals surface area contributed by atoms with Gasteiger partial charge in [0.05, 0.1) is 5.56 Å². The standard InChI is InChI=1S/C17H24F3N/c1-3-21-16(15-9-4-6-12(15)2)11-13-7-5-8-14(10-13)17(18,19)20/h5,7-8,10,12,15-16,21H,3-4,6,9,11H2,1-2H3. The van der Waals surface area contributed by atoms with Gasteiger partial charge in [-0.2, -0.15) is 13.2 Å². The van der Waals surface area contributed by atoms with E-state index in [0.717, 1.165) is 18.2 Å². The molecule has 0 aliphatic heterocycles. The first-order valence-electron chi connectivity index (χ1n) is 7.81. The van der Waals surface area contributed by atoms with Gasteiger partial charge in [0.2, 0.25) is 0 Å². The molecule has 0 aromatic heterocycles. The van der Waals surface area contributed by atoms with Crippen LogP contribution in [0.5, 0.6) is 0 Å². The molecule has 1 aromatic carbocycles. The van der Waals surface area contributed by atoms with Gasteiger partial charge in [-0.25, -0.2) is 0 Å². The van der Waals surface area contributed by atoms with Crippen molar-refractivity contribution in [1.29, 1.82) is 0 Å². The molecule has 0 heterocycles. The number of hydrogen-bond donors (Lipinski definition) is 1. The van der Waals surface area contributed by atoms with Crippen LogP contribution in [0.2, 0.25) is 0 Å². The van der Waals surface area contributed by atoms with Crippen LogP contribution in [-0.4, -0.2) is 12.6 Å². The number of rotatable bonds is 5. The van der Waals surface area contributed by atoms with Crippen LogP contribution < -0.4 is 5.32 Å². The highest BCUT2D eigenvalue weighted by Crippen LogP contribution is 2.35. The molecule has 1 aliphatic carbocycles. The van der Waals surface area contributed by atoms with Crippen molar-refractivity contribution >= 4 is 0 Å². The summed E-state index contributed by atoms with van der Waals surface area (Å²) in [6.45, 7) is 5.17. The van der Waals surface area contributed by atoms with Gasteiger partial charge in [0.15, 0.2) is 0 Å². The van der Waals surface area contributed by atoms with Crippen LogP contribution in [0.15, 0.2) is 24.3 Å². The Kier molecular flexibility index (Phi) is 5.31. The molecule has 1 aliphatic rings. The predicted octanol–water partition coefficient (Wildman–Crippen LogP) is 4.66. The fourth-order valence-electron chi connectivity index (χ4n) is 3.54. The maximum Gasteiger partial charge on any atom is 0.416 e. The number of halogens is 3. The Morgan fingerprint density at radius 3 is 2.62 bits per heavy atom. The number of alkyl halides is 3. The van der Waals surface area contributed by atoms with E-state index in [1.54, 1.807) is 6.07 Å². The molecule has 1 nitrogen and oxygen atoms in total. The average molecular weight is 299 g/mol. The van der Waals surface area contributed by atoms with Crippen molar-refractivity contribution in [3.05, 3.63) is 35.4 Å². The number of hydrogen-bond acceptors (Lipinski definition) is 1. The van der Waals surface area contributed by atoms with E-state index in [1.165, 1.54) is 31.4 Å². The first-order valence-corrected chi connectivity index (χ1v) is 7.81. The van der Waals surface area contributed by atoms with Gasteiger partial charge in [0, 0.05) is 6.04 Å². The van der Waals surface area contributed by atoms with Crippen molar-refractivity contribution in [1.82, 2.24) is 5.32 Å². The molecular weight excluding hydrogens is 275 g/mol. The minimum absolute atomic E-state index is 0.274. The van der Waals surface area contributed by atoms with Crippen molar-refractivity contribution < 1.29 is 13.2 Å². The molecule has 0 radical (unpaired) electrons. The monoisotopic (exact) mass is 299 g/mol. The Bertz CT molecular complexity index is 456. The van der Waals surface area contributed by atoms with E-state index in [2.05, 4.69) is 19.2 Å². The fraction of sp³-hybridized carbons (Fsp3) is 0.647. The second-order valence-corrected chi connectivity index (χ2v) is 6.14. The maximum absolute atomic E-state index is 12.8. The summed E-state index contributed by atoms with van der Waals surface area (Å²) < 4.78 is 38.4. The van der Waals surface area contributed by atoms with Gasteiger partial charge in [-0.3, -0.25) is 0 Å². The van der Waals surface area contributed by atoms with Gasteiger partial charge in [0.25, 0.3) is 0 Å². The second kappa shape index (κ2) is 6.82. The molecule has 0 bridgehead atoms. The summed E-state index contributed by atoms with van der Waals surface area (Å²) in [5.41, 5.74) is 0.226. The Morgan fingerprint density at radius 1 is 1.29 bits per heavy atom. The van der Waals surface area contributed by atoms with Gasteiger partial charge in [-0.15, -0.1) is 0 Å². The second-order valence-electron chi connectivity index (χ2n) is 6.14. The number of likely N-dealkylation sites (N-methyl/N-ethyl adjacent to an activating group) is 1. The van der Waals surface area contributed by atoms with Crippen LogP contribution in [0.25, 0.3) is 0 Å². The maximum atomic E-state index is 12.8. The van der Waals surface area contributed by atoms with Crippen LogP contribution in [-0.2, 0) is 12.6 Å². The van der Waals surface area contributed by atoms with E-state index in [0.29, 0.717) is 18.3 Å². The highest BCUT2D eigenvalue weighted by molar-refractivity contribution is 5.26. The topological polar surface area (TPSA) is 12.0 Å². The molecule has 21 heavy (non-hydrogen) atoms. The molecule has 0 amide bonds. The highest BCUT2D eigenvalue weighted by Gasteiger charge is 2.32. The van der Waals surface area contributed by atoms with Crippen LogP contribution in [0, 0.1) is 11.8 Å². The molecule has 1 fully saturated rings. The van der Waals surface area contributed by atoms with Gasteiger partial charge < -0.3 is 5.32 Å². The van der Waals surface area contributed by atoms with Gasteiger partial charge in [0.1, 0.15) is 0 Å². The molecular formula is C17H24F3N. The van der Waals surface area contributed by atoms with Crippen LogP contribution >= 0.6 is 0 Å². The normalized spacial score (nSPS) is 24.2. The lowest BCUT2D eigenvalue weighted by atomic mass is 9.86. The van der Waals surface area contributed by atoms with Crippen molar-refractivity contribution in [3.63, 3.8) is 0 Å². The van der Waals surface area contributed by atoms with E-state index >= 15 is 0 Å². The molecule has 1 N–H and O–H groups in total. The quantitative estimate of drug-likeness (QED) is 0.833. The molecule has 3 unspecified atom stereocenters. The Morgan fingerprint density at radius 2 is 2.05 bits per heavy atom. The molecule has 118 valence electrons. The summed E-state index contributed by atoms with van der Waals surface area (Å²) in [6, 6.07) is 6.03. The lowest BCUT2D eigenvalue weighted by Crippen LogP contribution is -2.39. The number of benzene rings is 1. The fourth-order valence-corrected chi connectivity index (χ4v) is 3.54. The number of nitrogens with one attached hydrogen (secondary N) is 1. The molecule has 1 saturated carbocycles. The lowest BCUT2D eigenvalue weighted by Gasteiger charge is -2.28. The van der Waals surface area contributed by atoms with Crippen molar-refractivity contribution in [2.24, 2.45) is 11.8 Å². The van der Waals surface area contributed by atoms with E-state index in [1.807, 2.05) is 0 Å². The minimum atomic E-state index is -4.26. The third-order valence-electron chi connectivity index (χ3n) is 4.62. The summed E-state index contributed by atoms with van der Waals surface area (Å²) in [5.74, 6) is 1.22. The Labute approximate surface area is 124 Å². The Hall–Kier alpha value is -1.03. The first-order chi connectivity index (χ1) is 9.91. The van der Waals surface area contributed by atoms with Crippen molar-refractivity contribution in [3.8, 4) is 0 Å². The zero-order valence-corrected chi connectivity index (χ0v) is 12.7. The Balaban J connectivity index is 2.13. The van der Waals surface area contributed by atoms with E-state index < -0.39 is 11.7 Å². The van der Waals surface area contributed by atoms with Gasteiger partial charge in [-0.1, -0.05) is 44.9 Å². The molecule has 2 rings (SSSR count). The summed E-state index contributed by atoms with van der Waals surface area (Å²) >= 11 is 0. The minimum Gasteiger partial charge on any atom is -0.314 e. The third-order valence-corrected chi connectivity index (χ3v) is 4.62. The average Bonchev–Trinajstić information content (AvgIpc) is 2.84. The summed E-state index contributed by atoms with van der Waals surface area (Å²) in [7, 11) is 0. The van der Waals surface area contributed by atoms with Crippen molar-refractivity contribution in [2.75, 3.05) is 6.54 Å². The van der Waals surface area contributed by atoms with Gasteiger partial charge in [-0.05, 0) is 42.9 Å². The summed E-state index contributed by atoms with van der Waals surface area (Å²) in [6.07, 6.45) is 0.0559. The van der Waals surface area contributed by atoms with Crippen LogP contribution in [0.1, 0.15) is 44.2 Å². The largest absolute Gasteiger partial charge is 0.416 e. The smallest absolute Gasteiger partial charge is 0.314 e. The zero-order chi connectivity index (χ0) is 15.5. The zero-order valence-electron chi connectivity index (χ0n) is 12.7. The summed E-state index contributed by atoms with van der Waals surface area (Å²) in [4.78, 5) is 0. The summed E-state index contributed by atoms with van der Waals surface area (Å²) in [5, 5.41) is 3.48. The van der Waals surface area contributed by atoms with Crippen LogP contribution in [0.4, 0.5) is 13.2 Å². The van der Waals surface area contributed by atoms with Gasteiger partial charge >= 0.3 is 6.18 Å². The van der Waals surface area contributed by atoms with Crippen LogP contribution in [0.3, 0.4) is 0 Å². The van der Waals surface area contributed by atoms with Crippen molar-refractivity contribution in [2.45, 2.75) is 51.7 Å². The predicted molar refractivity (Wildman–Crippen MR) is 79.1 cm³/mol. The molecule has 4 heteroatoms. The molecule has 0 spiro atoms. The SMILES string of the molecule is CCNC(Cc1cccc(C(F)(F)F)c1)C1CCCC1C.